The van der Waals surface area contributed by atoms with Gasteiger partial charge in [-0.15, -0.1) is 11.3 Å². The Bertz CT molecular complexity index is 1440. The van der Waals surface area contributed by atoms with Gasteiger partial charge in [-0.1, -0.05) is 0 Å². The van der Waals surface area contributed by atoms with Gasteiger partial charge < -0.3 is 20.8 Å². The van der Waals surface area contributed by atoms with E-state index in [0.29, 0.717) is 5.13 Å². The van der Waals surface area contributed by atoms with Crippen molar-refractivity contribution in [2.45, 2.75) is 18.6 Å². The van der Waals surface area contributed by atoms with E-state index in [0.717, 1.165) is 12.3 Å². The molecule has 3 aromatic heterocycles. The number of aromatic nitrogens is 3. The van der Waals surface area contributed by atoms with Gasteiger partial charge in [0, 0.05) is 43.8 Å². The van der Waals surface area contributed by atoms with Crippen molar-refractivity contribution >= 4 is 46.0 Å². The molecule has 0 saturated carbocycles. The van der Waals surface area contributed by atoms with E-state index in [2.05, 4.69) is 9.97 Å². The number of pyridine rings is 2. The molecule has 4 rings (SSSR count). The smallest absolute Gasteiger partial charge is 0.477 e. The predicted molar refractivity (Wildman–Crippen MR) is 127 cm³/mol. The van der Waals surface area contributed by atoms with Crippen LogP contribution in [0.2, 0.25) is 0 Å². The van der Waals surface area contributed by atoms with E-state index >= 15 is 0 Å². The number of amides is 1. The molecule has 0 radical (unpaired) electrons. The number of halogens is 4. The van der Waals surface area contributed by atoms with E-state index in [4.69, 9.17) is 20.5 Å². The fraction of sp³-hybridized carbons (Fsp3) is 0.333. The Morgan fingerprint density at radius 3 is 2.41 bits per heavy atom. The van der Waals surface area contributed by atoms with Crippen LogP contribution in [0.15, 0.2) is 28.6 Å². The summed E-state index contributed by atoms with van der Waals surface area (Å²) in [7, 11) is 1.37. The highest BCUT2D eigenvalue weighted by Gasteiger charge is 2.38. The predicted octanol–water partition coefficient (Wildman–Crippen LogP) is 1.24. The molecule has 18 heteroatoms. The van der Waals surface area contributed by atoms with Crippen LogP contribution in [0.1, 0.15) is 16.8 Å². The van der Waals surface area contributed by atoms with E-state index in [-0.39, 0.29) is 54.9 Å². The van der Waals surface area contributed by atoms with Crippen molar-refractivity contribution in [3.8, 4) is 5.13 Å². The van der Waals surface area contributed by atoms with Gasteiger partial charge in [0.25, 0.3) is 0 Å². The molecule has 0 aromatic carbocycles. The average molecular weight is 576 g/mol. The number of nitrogens with two attached hydrogens (primary N) is 1. The number of carboxylic acids is 2. The Morgan fingerprint density at radius 1 is 1.28 bits per heavy atom. The van der Waals surface area contributed by atoms with Crippen LogP contribution < -0.4 is 16.1 Å². The van der Waals surface area contributed by atoms with E-state index in [1.54, 1.807) is 10.3 Å². The maximum atomic E-state index is 14.9. The molecular weight excluding hydrogens is 556 g/mol. The number of carboxylic acid groups (broad SMARTS) is 2. The molecule has 0 spiro atoms. The number of aliphatic carboxylic acids is 1. The summed E-state index contributed by atoms with van der Waals surface area (Å²) in [6.07, 6.45) is -2.30. The number of nitrogens with zero attached hydrogens (tertiary/aromatic N) is 5. The van der Waals surface area contributed by atoms with Gasteiger partial charge in [0.2, 0.25) is 11.3 Å². The molecule has 1 fully saturated rings. The lowest BCUT2D eigenvalue weighted by Crippen LogP contribution is -2.61. The molecule has 1 aliphatic heterocycles. The summed E-state index contributed by atoms with van der Waals surface area (Å²) in [5.41, 5.74) is 4.16. The van der Waals surface area contributed by atoms with E-state index < -0.39 is 34.9 Å². The van der Waals surface area contributed by atoms with E-state index in [9.17, 15) is 37.1 Å². The van der Waals surface area contributed by atoms with Crippen molar-refractivity contribution < 1.29 is 47.0 Å². The summed E-state index contributed by atoms with van der Waals surface area (Å²) in [5, 5.41) is 19.6. The van der Waals surface area contributed by atoms with Gasteiger partial charge >= 0.3 is 18.1 Å². The topological polar surface area (TPSA) is 181 Å². The number of hydrogen-bond acceptors (Lipinski definition) is 10. The van der Waals surface area contributed by atoms with Gasteiger partial charge in [-0.2, -0.15) is 13.2 Å². The van der Waals surface area contributed by atoms with Gasteiger partial charge in [-0.05, 0) is 6.07 Å². The molecule has 4 heterocycles. The number of thiazole rings is 1. The second-order valence-corrected chi connectivity index (χ2v) is 8.70. The van der Waals surface area contributed by atoms with Crippen LogP contribution in [-0.2, 0) is 14.4 Å². The highest BCUT2D eigenvalue weighted by Crippen LogP contribution is 2.28. The van der Waals surface area contributed by atoms with E-state index in [1.165, 1.54) is 34.3 Å². The Morgan fingerprint density at radius 2 is 1.92 bits per heavy atom. The first-order valence-corrected chi connectivity index (χ1v) is 11.7. The summed E-state index contributed by atoms with van der Waals surface area (Å²) < 4.78 is 48.0. The van der Waals surface area contributed by atoms with Gasteiger partial charge in [-0.3, -0.25) is 19.0 Å². The second kappa shape index (κ2) is 11.7. The number of carbonyl (C=O) groups excluding carboxylic acids is 1. The lowest BCUT2D eigenvalue weighted by atomic mass is 10.1. The zero-order valence-corrected chi connectivity index (χ0v) is 20.7. The number of alkyl halides is 3. The fourth-order valence-electron chi connectivity index (χ4n) is 3.53. The lowest BCUT2D eigenvalue weighted by Gasteiger charge is -2.44. The zero-order valence-electron chi connectivity index (χ0n) is 19.9. The first kappa shape index (κ1) is 29.4. The van der Waals surface area contributed by atoms with E-state index in [1.807, 2.05) is 0 Å². The first-order chi connectivity index (χ1) is 18.3. The molecule has 39 heavy (non-hydrogen) atoms. The van der Waals surface area contributed by atoms with Crippen LogP contribution in [0.3, 0.4) is 0 Å². The third kappa shape index (κ3) is 6.29. The standard InChI is InChI=1S/C19H19FN6O5S.C2HF3O2/c1-31-26(14(27)2-3-21)10-7-24(8-10)17-13(20)6-11-15(28)12(18(29)30)9-25(16(11)23-17)19-22-4-5-32-19;3-2(4,5)1(6)7/h4-6,9-10H,2-3,7-8,21H2,1H3,(H,29,30);(H,6,7). The summed E-state index contributed by atoms with van der Waals surface area (Å²) in [6, 6.07) is 0.670. The lowest BCUT2D eigenvalue weighted by molar-refractivity contribution is -0.192. The number of anilines is 1. The Kier molecular flexibility index (Phi) is 8.82. The Balaban J connectivity index is 0.000000532. The van der Waals surface area contributed by atoms with Crippen LogP contribution >= 0.6 is 11.3 Å². The van der Waals surface area contributed by atoms with Gasteiger partial charge in [0.05, 0.1) is 18.5 Å². The van der Waals surface area contributed by atoms with Crippen molar-refractivity contribution in [2.75, 3.05) is 31.6 Å². The third-order valence-corrected chi connectivity index (χ3v) is 6.08. The molecule has 1 aliphatic rings. The third-order valence-electron chi connectivity index (χ3n) is 5.31. The normalized spacial score (nSPS) is 13.4. The van der Waals surface area contributed by atoms with Gasteiger partial charge in [0.15, 0.2) is 22.4 Å². The van der Waals surface area contributed by atoms with Gasteiger partial charge in [-0.25, -0.2) is 29.0 Å². The average Bonchev–Trinajstić information content (AvgIpc) is 3.36. The molecule has 0 bridgehead atoms. The summed E-state index contributed by atoms with van der Waals surface area (Å²) in [4.78, 5) is 60.4. The summed E-state index contributed by atoms with van der Waals surface area (Å²) in [5.74, 6) is -5.26. The fourth-order valence-corrected chi connectivity index (χ4v) is 4.15. The molecule has 0 atom stereocenters. The zero-order chi connectivity index (χ0) is 29.1. The first-order valence-electron chi connectivity index (χ1n) is 10.8. The minimum atomic E-state index is -5.08. The van der Waals surface area contributed by atoms with Crippen molar-refractivity contribution in [2.24, 2.45) is 5.73 Å². The number of aromatic carboxylic acids is 1. The SMILES string of the molecule is CON(C(=O)CCN)C1CN(c2nc3c(cc2F)c(=O)c(C(=O)O)cn3-c2nccs2)C1.O=C(O)C(F)(F)F. The van der Waals surface area contributed by atoms with Gasteiger partial charge in [0.1, 0.15) is 5.56 Å². The molecular formula is C21H20F4N6O7S. The number of hydrogen-bond donors (Lipinski definition) is 3. The maximum Gasteiger partial charge on any atom is 0.490 e. The number of carbonyl (C=O) groups is 3. The Hall–Kier alpha value is -4.16. The molecule has 1 amide bonds. The molecule has 4 N–H and O–H groups in total. The van der Waals surface area contributed by atoms with Crippen LogP contribution in [-0.4, -0.2) is 86.6 Å². The van der Waals surface area contributed by atoms with Crippen LogP contribution in [0.4, 0.5) is 23.4 Å². The molecule has 3 aromatic rings. The van der Waals surface area contributed by atoms with Crippen molar-refractivity contribution in [1.82, 2.24) is 19.6 Å². The highest BCUT2D eigenvalue weighted by atomic mass is 32.1. The number of hydroxylamine groups is 2. The molecule has 13 nitrogen and oxygen atoms in total. The number of rotatable bonds is 7. The quantitative estimate of drug-likeness (QED) is 0.272. The monoisotopic (exact) mass is 576 g/mol. The van der Waals surface area contributed by atoms with Crippen molar-refractivity contribution in [1.29, 1.82) is 0 Å². The minimum absolute atomic E-state index is 0.0242. The van der Waals surface area contributed by atoms with Crippen LogP contribution in [0.25, 0.3) is 16.2 Å². The number of fused-ring (bicyclic) bond motifs is 1. The highest BCUT2D eigenvalue weighted by molar-refractivity contribution is 7.12. The summed E-state index contributed by atoms with van der Waals surface area (Å²) >= 11 is 1.21. The van der Waals surface area contributed by atoms with Crippen molar-refractivity contribution in [3.63, 3.8) is 0 Å². The Labute approximate surface area is 219 Å². The van der Waals surface area contributed by atoms with Crippen molar-refractivity contribution in [3.05, 3.63) is 45.4 Å². The van der Waals surface area contributed by atoms with Crippen LogP contribution in [0.5, 0.6) is 0 Å². The minimum Gasteiger partial charge on any atom is -0.477 e. The molecule has 1 saturated heterocycles. The second-order valence-electron chi connectivity index (χ2n) is 7.83. The molecule has 0 aliphatic carbocycles. The van der Waals surface area contributed by atoms with Crippen LogP contribution in [0, 0.1) is 5.82 Å². The maximum absolute atomic E-state index is 14.9. The largest absolute Gasteiger partial charge is 0.490 e. The molecule has 210 valence electrons. The molecule has 0 unspecified atom stereocenters. The summed E-state index contributed by atoms with van der Waals surface area (Å²) in [6.45, 7) is 0.700.